The SMILES string of the molecule is O=C(c1cccs1)N(CCCl)C1CCCC1. The quantitative estimate of drug-likeness (QED) is 0.758. The number of amides is 1. The van der Waals surface area contributed by atoms with Crippen molar-refractivity contribution in [3.8, 4) is 0 Å². The number of hydrogen-bond donors (Lipinski definition) is 0. The van der Waals surface area contributed by atoms with Gasteiger partial charge in [-0.3, -0.25) is 4.79 Å². The van der Waals surface area contributed by atoms with Gasteiger partial charge in [0.25, 0.3) is 5.91 Å². The van der Waals surface area contributed by atoms with Gasteiger partial charge in [0.15, 0.2) is 0 Å². The minimum atomic E-state index is 0.155. The third-order valence-corrected chi connectivity index (χ3v) is 4.11. The highest BCUT2D eigenvalue weighted by Crippen LogP contribution is 2.25. The van der Waals surface area contributed by atoms with Crippen molar-refractivity contribution < 1.29 is 4.79 Å². The molecule has 1 aliphatic rings. The molecule has 0 aromatic carbocycles. The second-order valence-electron chi connectivity index (χ2n) is 4.10. The van der Waals surface area contributed by atoms with E-state index in [4.69, 9.17) is 11.6 Å². The minimum Gasteiger partial charge on any atom is -0.334 e. The van der Waals surface area contributed by atoms with Crippen LogP contribution in [0.5, 0.6) is 0 Å². The number of hydrogen-bond acceptors (Lipinski definition) is 2. The van der Waals surface area contributed by atoms with Gasteiger partial charge in [-0.2, -0.15) is 0 Å². The molecule has 1 aliphatic carbocycles. The van der Waals surface area contributed by atoms with Gasteiger partial charge in [-0.25, -0.2) is 0 Å². The van der Waals surface area contributed by atoms with Crippen LogP contribution >= 0.6 is 22.9 Å². The second-order valence-corrected chi connectivity index (χ2v) is 5.43. The lowest BCUT2D eigenvalue weighted by Crippen LogP contribution is -2.39. The van der Waals surface area contributed by atoms with Gasteiger partial charge in [0.1, 0.15) is 0 Å². The molecule has 0 unspecified atom stereocenters. The Kier molecular flexibility index (Phi) is 4.24. The van der Waals surface area contributed by atoms with E-state index in [0.29, 0.717) is 18.5 Å². The van der Waals surface area contributed by atoms with Crippen LogP contribution in [0, 0.1) is 0 Å². The zero-order valence-corrected chi connectivity index (χ0v) is 10.8. The molecule has 4 heteroatoms. The van der Waals surface area contributed by atoms with Gasteiger partial charge in [-0.1, -0.05) is 18.9 Å². The zero-order chi connectivity index (χ0) is 11.4. The van der Waals surface area contributed by atoms with Gasteiger partial charge in [0, 0.05) is 18.5 Å². The predicted octanol–water partition coefficient (Wildman–Crippen LogP) is 3.37. The molecule has 0 N–H and O–H groups in total. The molecular formula is C12H16ClNOS. The van der Waals surface area contributed by atoms with E-state index in [2.05, 4.69) is 0 Å². The highest BCUT2D eigenvalue weighted by Gasteiger charge is 2.27. The van der Waals surface area contributed by atoms with E-state index in [1.165, 1.54) is 24.2 Å². The molecular weight excluding hydrogens is 242 g/mol. The maximum Gasteiger partial charge on any atom is 0.264 e. The lowest BCUT2D eigenvalue weighted by atomic mass is 10.2. The molecule has 1 heterocycles. The van der Waals surface area contributed by atoms with E-state index in [1.54, 1.807) is 0 Å². The fourth-order valence-corrected chi connectivity index (χ4v) is 3.16. The van der Waals surface area contributed by atoms with Crippen molar-refractivity contribution in [2.75, 3.05) is 12.4 Å². The molecule has 16 heavy (non-hydrogen) atoms. The molecule has 1 fully saturated rings. The topological polar surface area (TPSA) is 20.3 Å². The summed E-state index contributed by atoms with van der Waals surface area (Å²) in [6.45, 7) is 0.670. The molecule has 0 spiro atoms. The molecule has 0 bridgehead atoms. The standard InChI is InChI=1S/C12H16ClNOS/c13-7-8-14(10-4-1-2-5-10)12(15)11-6-3-9-16-11/h3,6,9-10H,1-2,4-5,7-8H2. The summed E-state index contributed by atoms with van der Waals surface area (Å²) in [6.07, 6.45) is 4.74. The van der Waals surface area contributed by atoms with Gasteiger partial charge >= 0.3 is 0 Å². The van der Waals surface area contributed by atoms with E-state index in [-0.39, 0.29) is 5.91 Å². The Morgan fingerprint density at radius 1 is 1.50 bits per heavy atom. The van der Waals surface area contributed by atoms with Crippen LogP contribution in [0.15, 0.2) is 17.5 Å². The van der Waals surface area contributed by atoms with E-state index < -0.39 is 0 Å². The molecule has 1 amide bonds. The van der Waals surface area contributed by atoms with Crippen molar-refractivity contribution in [2.45, 2.75) is 31.7 Å². The van der Waals surface area contributed by atoms with Gasteiger partial charge < -0.3 is 4.90 Å². The third kappa shape index (κ3) is 2.58. The summed E-state index contributed by atoms with van der Waals surface area (Å²) in [7, 11) is 0. The maximum atomic E-state index is 12.3. The van der Waals surface area contributed by atoms with Crippen LogP contribution in [0.25, 0.3) is 0 Å². The number of carbonyl (C=O) groups is 1. The van der Waals surface area contributed by atoms with Crippen molar-refractivity contribution in [3.63, 3.8) is 0 Å². The normalized spacial score (nSPS) is 16.6. The van der Waals surface area contributed by atoms with Crippen molar-refractivity contribution >= 4 is 28.8 Å². The molecule has 2 nitrogen and oxygen atoms in total. The Hall–Kier alpha value is -0.540. The molecule has 1 aromatic heterocycles. The Balaban J connectivity index is 2.09. The van der Waals surface area contributed by atoms with Crippen molar-refractivity contribution in [1.29, 1.82) is 0 Å². The van der Waals surface area contributed by atoms with E-state index in [0.717, 1.165) is 17.7 Å². The van der Waals surface area contributed by atoms with E-state index in [1.807, 2.05) is 22.4 Å². The largest absolute Gasteiger partial charge is 0.334 e. The molecule has 2 rings (SSSR count). The lowest BCUT2D eigenvalue weighted by Gasteiger charge is -2.27. The molecule has 0 atom stereocenters. The summed E-state index contributed by atoms with van der Waals surface area (Å²) in [6, 6.07) is 4.22. The fraction of sp³-hybridized carbons (Fsp3) is 0.583. The molecule has 88 valence electrons. The summed E-state index contributed by atoms with van der Waals surface area (Å²) in [5.41, 5.74) is 0. The van der Waals surface area contributed by atoms with Gasteiger partial charge in [0.05, 0.1) is 4.88 Å². The highest BCUT2D eigenvalue weighted by atomic mass is 35.5. The van der Waals surface area contributed by atoms with E-state index >= 15 is 0 Å². The number of halogens is 1. The summed E-state index contributed by atoms with van der Waals surface area (Å²) < 4.78 is 0. The van der Waals surface area contributed by atoms with Crippen LogP contribution < -0.4 is 0 Å². The average molecular weight is 258 g/mol. The molecule has 1 saturated carbocycles. The number of nitrogens with zero attached hydrogens (tertiary/aromatic N) is 1. The van der Waals surface area contributed by atoms with Crippen molar-refractivity contribution in [3.05, 3.63) is 22.4 Å². The van der Waals surface area contributed by atoms with Crippen LogP contribution in [-0.2, 0) is 0 Å². The fourth-order valence-electron chi connectivity index (χ4n) is 2.30. The monoisotopic (exact) mass is 257 g/mol. The van der Waals surface area contributed by atoms with E-state index in [9.17, 15) is 4.79 Å². The first-order chi connectivity index (χ1) is 7.83. The van der Waals surface area contributed by atoms with Gasteiger partial charge in [-0.05, 0) is 24.3 Å². The Bertz CT molecular complexity index is 333. The van der Waals surface area contributed by atoms with Crippen LogP contribution in [0.3, 0.4) is 0 Å². The first-order valence-corrected chi connectivity index (χ1v) is 7.15. The van der Waals surface area contributed by atoms with Crippen LogP contribution in [-0.4, -0.2) is 29.3 Å². The number of carbonyl (C=O) groups excluding carboxylic acids is 1. The molecule has 1 aromatic rings. The summed E-state index contributed by atoms with van der Waals surface area (Å²) in [4.78, 5) is 15.1. The summed E-state index contributed by atoms with van der Waals surface area (Å²) >= 11 is 7.30. The van der Waals surface area contributed by atoms with Crippen molar-refractivity contribution in [1.82, 2.24) is 4.90 Å². The highest BCUT2D eigenvalue weighted by molar-refractivity contribution is 7.12. The summed E-state index contributed by atoms with van der Waals surface area (Å²) in [5.74, 6) is 0.677. The zero-order valence-electron chi connectivity index (χ0n) is 9.19. The van der Waals surface area contributed by atoms with Crippen LogP contribution in [0.4, 0.5) is 0 Å². The Morgan fingerprint density at radius 3 is 2.81 bits per heavy atom. The smallest absolute Gasteiger partial charge is 0.264 e. The maximum absolute atomic E-state index is 12.3. The van der Waals surface area contributed by atoms with Crippen LogP contribution in [0.1, 0.15) is 35.4 Å². The van der Waals surface area contributed by atoms with Gasteiger partial charge in [-0.15, -0.1) is 22.9 Å². The van der Waals surface area contributed by atoms with Crippen LogP contribution in [0.2, 0.25) is 0 Å². The average Bonchev–Trinajstić information content (AvgIpc) is 2.96. The third-order valence-electron chi connectivity index (χ3n) is 3.08. The Labute approximate surface area is 105 Å². The number of rotatable bonds is 4. The number of alkyl halides is 1. The first kappa shape index (κ1) is 11.9. The number of thiophene rings is 1. The Morgan fingerprint density at radius 2 is 2.25 bits per heavy atom. The molecule has 0 aliphatic heterocycles. The second kappa shape index (κ2) is 5.69. The predicted molar refractivity (Wildman–Crippen MR) is 68.3 cm³/mol. The summed E-state index contributed by atoms with van der Waals surface area (Å²) in [5, 5.41) is 1.95. The minimum absolute atomic E-state index is 0.155. The van der Waals surface area contributed by atoms with Crippen molar-refractivity contribution in [2.24, 2.45) is 0 Å². The lowest BCUT2D eigenvalue weighted by molar-refractivity contribution is 0.0700. The molecule has 0 radical (unpaired) electrons. The van der Waals surface area contributed by atoms with Gasteiger partial charge in [0.2, 0.25) is 0 Å². The first-order valence-electron chi connectivity index (χ1n) is 5.73. The molecule has 0 saturated heterocycles.